The highest BCUT2D eigenvalue weighted by Gasteiger charge is 2.32. The number of aryl methyl sites for hydroxylation is 1. The fraction of sp³-hybridized carbons (Fsp3) is 0.310. The van der Waals surface area contributed by atoms with E-state index >= 15 is 0 Å². The van der Waals surface area contributed by atoms with Crippen LogP contribution in [0, 0.1) is 12.7 Å². The van der Waals surface area contributed by atoms with Crippen molar-refractivity contribution in [3.05, 3.63) is 94.8 Å². The van der Waals surface area contributed by atoms with E-state index in [1.807, 2.05) is 13.8 Å². The number of carbonyl (C=O) groups excluding carboxylic acids is 2. The lowest BCUT2D eigenvalue weighted by atomic mass is 10.1. The van der Waals surface area contributed by atoms with Crippen molar-refractivity contribution < 1.29 is 22.4 Å². The van der Waals surface area contributed by atoms with Gasteiger partial charge in [-0.05, 0) is 62.7 Å². The molecule has 0 aliphatic rings. The number of amides is 2. The number of sulfonamides is 1. The molecule has 1 atom stereocenters. The Hall–Kier alpha value is -3.43. The molecule has 3 rings (SSSR count). The molecule has 0 saturated heterocycles. The van der Waals surface area contributed by atoms with Crippen molar-refractivity contribution in [3.63, 3.8) is 0 Å². The van der Waals surface area contributed by atoms with Crippen molar-refractivity contribution in [2.75, 3.05) is 17.4 Å². The quantitative estimate of drug-likeness (QED) is 0.297. The van der Waals surface area contributed by atoms with E-state index in [4.69, 9.17) is 11.6 Å². The third-order valence-corrected chi connectivity index (χ3v) is 8.34. The zero-order chi connectivity index (χ0) is 28.6. The summed E-state index contributed by atoms with van der Waals surface area (Å²) in [5.74, 6) is -1.61. The number of nitrogens with one attached hydrogen (secondary N) is 1. The number of rotatable bonds is 12. The Bertz CT molecular complexity index is 1380. The summed E-state index contributed by atoms with van der Waals surface area (Å²) in [7, 11) is -4.19. The predicted octanol–water partition coefficient (Wildman–Crippen LogP) is 5.32. The molecular formula is C29H33ClFN3O4S. The van der Waals surface area contributed by atoms with Gasteiger partial charge in [-0.2, -0.15) is 0 Å². The first-order valence-electron chi connectivity index (χ1n) is 12.7. The van der Waals surface area contributed by atoms with Crippen molar-refractivity contribution >= 4 is 39.1 Å². The maximum atomic E-state index is 14.6. The maximum Gasteiger partial charge on any atom is 0.264 e. The number of unbranched alkanes of at least 4 members (excludes halogenated alkanes) is 1. The van der Waals surface area contributed by atoms with Gasteiger partial charge in [-0.25, -0.2) is 12.8 Å². The van der Waals surface area contributed by atoms with Crippen LogP contribution < -0.4 is 9.62 Å². The largest absolute Gasteiger partial charge is 0.354 e. The number of halogens is 2. The Balaban J connectivity index is 2.00. The lowest BCUT2D eigenvalue weighted by Crippen LogP contribution is -2.51. The van der Waals surface area contributed by atoms with Crippen molar-refractivity contribution in [1.82, 2.24) is 10.2 Å². The van der Waals surface area contributed by atoms with Crippen LogP contribution >= 0.6 is 11.6 Å². The second-order valence-corrected chi connectivity index (χ2v) is 11.5. The SMILES string of the molecule is CCCCNC(=O)C(C)N(Cc1ccccc1F)C(=O)CN(c1ccc(Cl)cc1)S(=O)(=O)c1ccc(C)cc1. The molecule has 2 amide bonds. The van der Waals surface area contributed by atoms with Crippen molar-refractivity contribution in [2.24, 2.45) is 0 Å². The Kier molecular flexibility index (Phi) is 10.5. The minimum absolute atomic E-state index is 0.00172. The number of hydrogen-bond donors (Lipinski definition) is 1. The fourth-order valence-corrected chi connectivity index (χ4v) is 5.44. The normalized spacial score (nSPS) is 12.0. The van der Waals surface area contributed by atoms with Crippen LogP contribution in [0.5, 0.6) is 0 Å². The smallest absolute Gasteiger partial charge is 0.264 e. The lowest BCUT2D eigenvalue weighted by molar-refractivity contribution is -0.139. The third-order valence-electron chi connectivity index (χ3n) is 6.30. The highest BCUT2D eigenvalue weighted by Crippen LogP contribution is 2.26. The van der Waals surface area contributed by atoms with Gasteiger partial charge >= 0.3 is 0 Å². The molecule has 1 N–H and O–H groups in total. The van der Waals surface area contributed by atoms with Crippen LogP contribution in [0.3, 0.4) is 0 Å². The molecule has 10 heteroatoms. The maximum absolute atomic E-state index is 14.6. The predicted molar refractivity (Wildman–Crippen MR) is 151 cm³/mol. The number of benzene rings is 3. The average Bonchev–Trinajstić information content (AvgIpc) is 2.91. The summed E-state index contributed by atoms with van der Waals surface area (Å²) in [6.45, 7) is 4.97. The molecule has 0 heterocycles. The van der Waals surface area contributed by atoms with E-state index in [0.717, 1.165) is 22.7 Å². The summed E-state index contributed by atoms with van der Waals surface area (Å²) in [6.07, 6.45) is 1.64. The van der Waals surface area contributed by atoms with Crippen molar-refractivity contribution in [1.29, 1.82) is 0 Å². The molecule has 3 aromatic rings. The van der Waals surface area contributed by atoms with Crippen LogP contribution in [0.2, 0.25) is 5.02 Å². The Labute approximate surface area is 234 Å². The summed E-state index contributed by atoms with van der Waals surface area (Å²) in [5, 5.41) is 3.20. The summed E-state index contributed by atoms with van der Waals surface area (Å²) in [6, 6.07) is 17.3. The average molecular weight is 574 g/mol. The first-order valence-corrected chi connectivity index (χ1v) is 14.5. The fourth-order valence-electron chi connectivity index (χ4n) is 3.90. The summed E-state index contributed by atoms with van der Waals surface area (Å²) in [4.78, 5) is 27.9. The lowest BCUT2D eigenvalue weighted by Gasteiger charge is -2.32. The van der Waals surface area contributed by atoms with E-state index in [2.05, 4.69) is 5.32 Å². The highest BCUT2D eigenvalue weighted by atomic mass is 35.5. The van der Waals surface area contributed by atoms with Gasteiger partial charge in [0.25, 0.3) is 10.0 Å². The molecule has 0 aromatic heterocycles. The monoisotopic (exact) mass is 573 g/mol. The minimum atomic E-state index is -4.19. The Morgan fingerprint density at radius 1 is 1.00 bits per heavy atom. The first kappa shape index (κ1) is 30.1. The molecule has 0 spiro atoms. The molecule has 3 aromatic carbocycles. The van der Waals surface area contributed by atoms with E-state index in [-0.39, 0.29) is 22.7 Å². The number of carbonyl (C=O) groups is 2. The molecule has 0 radical (unpaired) electrons. The molecule has 0 fully saturated rings. The van der Waals surface area contributed by atoms with Gasteiger partial charge in [-0.1, -0.05) is 60.8 Å². The van der Waals surface area contributed by atoms with E-state index in [1.54, 1.807) is 25.1 Å². The standard InChI is InChI=1S/C29H33ClFN3O4S/c1-4-5-18-32-29(36)22(3)33(19-23-8-6-7-9-27(23)31)28(35)20-34(25-14-12-24(30)13-15-25)39(37,38)26-16-10-21(2)11-17-26/h6-17,22H,4-5,18-20H2,1-3H3,(H,32,36). The molecule has 0 aliphatic carbocycles. The van der Waals surface area contributed by atoms with E-state index < -0.39 is 40.2 Å². The van der Waals surface area contributed by atoms with Gasteiger partial charge in [-0.15, -0.1) is 0 Å². The molecule has 1 unspecified atom stereocenters. The van der Waals surface area contributed by atoms with Gasteiger partial charge in [0.2, 0.25) is 11.8 Å². The first-order chi connectivity index (χ1) is 18.5. The van der Waals surface area contributed by atoms with Crippen molar-refractivity contribution in [2.45, 2.75) is 51.1 Å². The topological polar surface area (TPSA) is 86.8 Å². The van der Waals surface area contributed by atoms with Crippen LogP contribution in [-0.4, -0.2) is 44.3 Å². The van der Waals surface area contributed by atoms with Crippen LogP contribution in [0.15, 0.2) is 77.7 Å². The van der Waals surface area contributed by atoms with Gasteiger partial charge in [-0.3, -0.25) is 13.9 Å². The number of hydrogen-bond acceptors (Lipinski definition) is 4. The van der Waals surface area contributed by atoms with Gasteiger partial charge < -0.3 is 10.2 Å². The Morgan fingerprint density at radius 2 is 1.64 bits per heavy atom. The minimum Gasteiger partial charge on any atom is -0.354 e. The number of anilines is 1. The molecule has 0 bridgehead atoms. The van der Waals surface area contributed by atoms with Gasteiger partial charge in [0.05, 0.1) is 10.6 Å². The molecule has 39 heavy (non-hydrogen) atoms. The van der Waals surface area contributed by atoms with Gasteiger partial charge in [0, 0.05) is 23.7 Å². The third kappa shape index (κ3) is 7.80. The zero-order valence-corrected chi connectivity index (χ0v) is 23.8. The summed E-state index contributed by atoms with van der Waals surface area (Å²) < 4.78 is 43.1. The second kappa shape index (κ2) is 13.6. The van der Waals surface area contributed by atoms with E-state index in [9.17, 15) is 22.4 Å². The van der Waals surface area contributed by atoms with Gasteiger partial charge in [0.1, 0.15) is 18.4 Å². The van der Waals surface area contributed by atoms with Crippen LogP contribution in [-0.2, 0) is 26.2 Å². The molecule has 208 valence electrons. The zero-order valence-electron chi connectivity index (χ0n) is 22.2. The molecule has 7 nitrogen and oxygen atoms in total. The van der Waals surface area contributed by atoms with E-state index in [1.165, 1.54) is 59.5 Å². The number of nitrogens with zero attached hydrogens (tertiary/aromatic N) is 2. The Morgan fingerprint density at radius 3 is 2.26 bits per heavy atom. The molecular weight excluding hydrogens is 541 g/mol. The van der Waals surface area contributed by atoms with E-state index in [0.29, 0.717) is 11.6 Å². The summed E-state index contributed by atoms with van der Waals surface area (Å²) in [5.41, 5.74) is 1.31. The highest BCUT2D eigenvalue weighted by molar-refractivity contribution is 7.92. The molecule has 0 aliphatic heterocycles. The van der Waals surface area contributed by atoms with Crippen LogP contribution in [0.1, 0.15) is 37.8 Å². The van der Waals surface area contributed by atoms with Crippen LogP contribution in [0.4, 0.5) is 10.1 Å². The van der Waals surface area contributed by atoms with Crippen molar-refractivity contribution in [3.8, 4) is 0 Å². The second-order valence-electron chi connectivity index (χ2n) is 9.23. The van der Waals surface area contributed by atoms with Gasteiger partial charge in [0.15, 0.2) is 0 Å². The summed E-state index contributed by atoms with van der Waals surface area (Å²) >= 11 is 6.03. The molecule has 0 saturated carbocycles. The van der Waals surface area contributed by atoms with Crippen LogP contribution in [0.25, 0.3) is 0 Å².